The van der Waals surface area contributed by atoms with Crippen molar-refractivity contribution in [1.29, 1.82) is 0 Å². The van der Waals surface area contributed by atoms with Crippen LogP contribution in [0.3, 0.4) is 0 Å². The number of hydrogen-bond acceptors (Lipinski definition) is 5. The standard InChI is InChI=1S/C20H21N5O2/c1-2-10-24-14-22-23-18(24)11-25-13-21-19(15-6-4-3-5-7-15)20(25)17-9-8-16(12-26)27-17/h3-9,13-14,26H,2,10-12H2,1H3. The maximum absolute atomic E-state index is 9.37. The average Bonchev–Trinajstić information content (AvgIpc) is 3.43. The van der Waals surface area contributed by atoms with Gasteiger partial charge in [-0.2, -0.15) is 0 Å². The summed E-state index contributed by atoms with van der Waals surface area (Å²) in [5.41, 5.74) is 2.69. The minimum Gasteiger partial charge on any atom is -0.457 e. The first-order chi connectivity index (χ1) is 13.3. The quantitative estimate of drug-likeness (QED) is 0.544. The molecule has 0 atom stereocenters. The largest absolute Gasteiger partial charge is 0.457 e. The van der Waals surface area contributed by atoms with Gasteiger partial charge in [-0.1, -0.05) is 37.3 Å². The Morgan fingerprint density at radius 3 is 2.63 bits per heavy atom. The summed E-state index contributed by atoms with van der Waals surface area (Å²) in [5.74, 6) is 2.05. The molecule has 0 radical (unpaired) electrons. The second kappa shape index (κ2) is 7.59. The first kappa shape index (κ1) is 17.2. The second-order valence-corrected chi connectivity index (χ2v) is 6.30. The van der Waals surface area contributed by atoms with Gasteiger partial charge < -0.3 is 18.7 Å². The third-order valence-electron chi connectivity index (χ3n) is 4.41. The van der Waals surface area contributed by atoms with E-state index in [0.29, 0.717) is 18.1 Å². The number of rotatable bonds is 7. The van der Waals surface area contributed by atoms with Gasteiger partial charge in [-0.15, -0.1) is 10.2 Å². The maximum Gasteiger partial charge on any atom is 0.153 e. The van der Waals surface area contributed by atoms with E-state index in [0.717, 1.165) is 35.7 Å². The molecule has 138 valence electrons. The van der Waals surface area contributed by atoms with E-state index in [1.165, 1.54) is 0 Å². The zero-order valence-corrected chi connectivity index (χ0v) is 15.1. The smallest absolute Gasteiger partial charge is 0.153 e. The normalized spacial score (nSPS) is 11.2. The summed E-state index contributed by atoms with van der Waals surface area (Å²) in [7, 11) is 0. The third-order valence-corrected chi connectivity index (χ3v) is 4.41. The molecule has 0 saturated carbocycles. The van der Waals surface area contributed by atoms with E-state index < -0.39 is 0 Å². The van der Waals surface area contributed by atoms with E-state index in [1.54, 1.807) is 18.7 Å². The average molecular weight is 363 g/mol. The van der Waals surface area contributed by atoms with Gasteiger partial charge in [0.15, 0.2) is 11.6 Å². The lowest BCUT2D eigenvalue weighted by molar-refractivity contribution is 0.248. The van der Waals surface area contributed by atoms with E-state index in [1.807, 2.05) is 45.5 Å². The summed E-state index contributed by atoms with van der Waals surface area (Å²) in [4.78, 5) is 4.64. The van der Waals surface area contributed by atoms with Gasteiger partial charge in [-0.05, 0) is 18.6 Å². The van der Waals surface area contributed by atoms with Crippen molar-refractivity contribution in [2.45, 2.75) is 33.0 Å². The molecule has 0 fully saturated rings. The topological polar surface area (TPSA) is 81.9 Å². The third kappa shape index (κ3) is 3.41. The van der Waals surface area contributed by atoms with Crippen LogP contribution in [0.4, 0.5) is 0 Å². The Kier molecular flexibility index (Phi) is 4.84. The van der Waals surface area contributed by atoms with Crippen LogP contribution < -0.4 is 0 Å². The van der Waals surface area contributed by atoms with Gasteiger partial charge in [-0.25, -0.2) is 4.98 Å². The van der Waals surface area contributed by atoms with Crippen molar-refractivity contribution in [3.63, 3.8) is 0 Å². The molecule has 3 heterocycles. The van der Waals surface area contributed by atoms with E-state index in [4.69, 9.17) is 4.42 Å². The summed E-state index contributed by atoms with van der Waals surface area (Å²) in [6, 6.07) is 13.6. The van der Waals surface area contributed by atoms with E-state index in [-0.39, 0.29) is 6.61 Å². The van der Waals surface area contributed by atoms with Crippen LogP contribution in [0.2, 0.25) is 0 Å². The van der Waals surface area contributed by atoms with Crippen LogP contribution in [0.1, 0.15) is 24.9 Å². The molecule has 1 N–H and O–H groups in total. The fraction of sp³-hybridized carbons (Fsp3) is 0.250. The van der Waals surface area contributed by atoms with Crippen LogP contribution in [0, 0.1) is 0 Å². The molecule has 0 spiro atoms. The summed E-state index contributed by atoms with van der Waals surface area (Å²) in [6.45, 7) is 3.39. The Hall–Kier alpha value is -3.19. The molecule has 0 aliphatic rings. The van der Waals surface area contributed by atoms with E-state index in [9.17, 15) is 5.11 Å². The Labute approximate surface area is 156 Å². The zero-order chi connectivity index (χ0) is 18.6. The van der Waals surface area contributed by atoms with Gasteiger partial charge in [0.2, 0.25) is 0 Å². The predicted molar refractivity (Wildman–Crippen MR) is 101 cm³/mol. The lowest BCUT2D eigenvalue weighted by Crippen LogP contribution is -2.08. The minimum absolute atomic E-state index is 0.139. The highest BCUT2D eigenvalue weighted by molar-refractivity contribution is 5.76. The van der Waals surface area contributed by atoms with Crippen molar-refractivity contribution < 1.29 is 9.52 Å². The molecule has 27 heavy (non-hydrogen) atoms. The summed E-state index contributed by atoms with van der Waals surface area (Å²) >= 11 is 0. The van der Waals surface area contributed by atoms with Crippen LogP contribution >= 0.6 is 0 Å². The molecule has 7 nitrogen and oxygen atoms in total. The van der Waals surface area contributed by atoms with Crippen molar-refractivity contribution in [3.05, 3.63) is 66.7 Å². The second-order valence-electron chi connectivity index (χ2n) is 6.30. The summed E-state index contributed by atoms with van der Waals surface area (Å²) in [5, 5.41) is 17.7. The number of aromatic nitrogens is 5. The molecule has 0 aliphatic carbocycles. The van der Waals surface area contributed by atoms with Crippen LogP contribution in [0.5, 0.6) is 0 Å². The monoisotopic (exact) mass is 363 g/mol. The molecule has 0 saturated heterocycles. The van der Waals surface area contributed by atoms with Gasteiger partial charge in [0.25, 0.3) is 0 Å². The lowest BCUT2D eigenvalue weighted by atomic mass is 10.1. The van der Waals surface area contributed by atoms with Crippen molar-refractivity contribution in [2.75, 3.05) is 0 Å². The van der Waals surface area contributed by atoms with Crippen LogP contribution in [0.15, 0.2) is 59.5 Å². The zero-order valence-electron chi connectivity index (χ0n) is 15.1. The fourth-order valence-corrected chi connectivity index (χ4v) is 3.14. The van der Waals surface area contributed by atoms with Gasteiger partial charge in [0.05, 0.1) is 18.6 Å². The van der Waals surface area contributed by atoms with Crippen LogP contribution in [-0.2, 0) is 19.7 Å². The Morgan fingerprint density at radius 2 is 1.89 bits per heavy atom. The number of furan rings is 1. The highest BCUT2D eigenvalue weighted by Crippen LogP contribution is 2.32. The first-order valence-corrected chi connectivity index (χ1v) is 8.97. The molecule has 0 aliphatic heterocycles. The number of benzene rings is 1. The lowest BCUT2D eigenvalue weighted by Gasteiger charge is -2.09. The van der Waals surface area contributed by atoms with E-state index in [2.05, 4.69) is 22.1 Å². The molecule has 1 aromatic carbocycles. The molecule has 0 amide bonds. The van der Waals surface area contributed by atoms with E-state index >= 15 is 0 Å². The summed E-state index contributed by atoms with van der Waals surface area (Å²) < 4.78 is 9.88. The predicted octanol–water partition coefficient (Wildman–Crippen LogP) is 3.35. The molecule has 0 bridgehead atoms. The first-order valence-electron chi connectivity index (χ1n) is 8.97. The molecule has 0 unspecified atom stereocenters. The maximum atomic E-state index is 9.37. The SMILES string of the molecule is CCCn1cnnc1Cn1cnc(-c2ccccc2)c1-c1ccc(CO)o1. The fourth-order valence-electron chi connectivity index (χ4n) is 3.14. The van der Waals surface area contributed by atoms with Crippen molar-refractivity contribution in [2.24, 2.45) is 0 Å². The number of imidazole rings is 1. The number of nitrogens with zero attached hydrogens (tertiary/aromatic N) is 5. The molecule has 4 rings (SSSR count). The van der Waals surface area contributed by atoms with Gasteiger partial charge in [0, 0.05) is 12.1 Å². The Bertz CT molecular complexity index is 1020. The van der Waals surface area contributed by atoms with Gasteiger partial charge >= 0.3 is 0 Å². The van der Waals surface area contributed by atoms with Crippen molar-refractivity contribution >= 4 is 0 Å². The molecule has 3 aromatic heterocycles. The van der Waals surface area contributed by atoms with Gasteiger partial charge in [0.1, 0.15) is 24.4 Å². The number of hydrogen-bond donors (Lipinski definition) is 1. The Balaban J connectivity index is 1.79. The minimum atomic E-state index is -0.139. The summed E-state index contributed by atoms with van der Waals surface area (Å²) in [6.07, 6.45) is 4.56. The Morgan fingerprint density at radius 1 is 1.04 bits per heavy atom. The van der Waals surface area contributed by atoms with Crippen LogP contribution in [0.25, 0.3) is 22.7 Å². The highest BCUT2D eigenvalue weighted by Gasteiger charge is 2.19. The number of aliphatic hydroxyl groups excluding tert-OH is 1. The molecular formula is C20H21N5O2. The molecule has 4 aromatic rings. The highest BCUT2D eigenvalue weighted by atomic mass is 16.4. The molecular weight excluding hydrogens is 342 g/mol. The number of aryl methyl sites for hydroxylation is 1. The van der Waals surface area contributed by atoms with Crippen molar-refractivity contribution in [3.8, 4) is 22.7 Å². The van der Waals surface area contributed by atoms with Gasteiger partial charge in [-0.3, -0.25) is 0 Å². The number of aliphatic hydroxyl groups is 1. The van der Waals surface area contributed by atoms with Crippen LogP contribution in [-0.4, -0.2) is 29.4 Å². The van der Waals surface area contributed by atoms with Crippen molar-refractivity contribution in [1.82, 2.24) is 24.3 Å². The molecule has 7 heteroatoms.